The van der Waals surface area contributed by atoms with Gasteiger partial charge in [-0.05, 0) is 49.5 Å². The fourth-order valence-corrected chi connectivity index (χ4v) is 2.78. The summed E-state index contributed by atoms with van der Waals surface area (Å²) in [6.07, 6.45) is 0. The van der Waals surface area contributed by atoms with Crippen LogP contribution in [0.1, 0.15) is 27.6 Å². The number of benzene rings is 1. The van der Waals surface area contributed by atoms with Crippen LogP contribution in [-0.2, 0) is 0 Å². The Morgan fingerprint density at radius 2 is 1.94 bits per heavy atom. The van der Waals surface area contributed by atoms with Gasteiger partial charge in [0.1, 0.15) is 5.82 Å². The first-order valence-corrected chi connectivity index (χ1v) is 6.48. The molecular weight excluding hydrogens is 233 g/mol. The lowest BCUT2D eigenvalue weighted by atomic mass is 9.98. The molecule has 0 saturated carbocycles. The predicted molar refractivity (Wildman–Crippen MR) is 71.1 cm³/mol. The molecule has 0 aliphatic heterocycles. The van der Waals surface area contributed by atoms with Gasteiger partial charge in [0.05, 0.1) is 6.04 Å². The number of aryl methyl sites for hydroxylation is 2. The van der Waals surface area contributed by atoms with Crippen LogP contribution in [0.2, 0.25) is 0 Å². The Labute approximate surface area is 105 Å². The Hall–Kier alpha value is -1.19. The van der Waals surface area contributed by atoms with Crippen LogP contribution in [0.4, 0.5) is 4.39 Å². The van der Waals surface area contributed by atoms with Gasteiger partial charge in [-0.2, -0.15) is 0 Å². The molecule has 0 aliphatic rings. The lowest BCUT2D eigenvalue weighted by Crippen LogP contribution is -2.19. The van der Waals surface area contributed by atoms with Crippen LogP contribution in [0.3, 0.4) is 0 Å². The molecule has 0 saturated heterocycles. The summed E-state index contributed by atoms with van der Waals surface area (Å²) in [4.78, 5) is 1.23. The fraction of sp³-hybridized carbons (Fsp3) is 0.286. The summed E-state index contributed by atoms with van der Waals surface area (Å²) >= 11 is 1.69. The Morgan fingerprint density at radius 3 is 2.47 bits per heavy atom. The first kappa shape index (κ1) is 12.3. The summed E-state index contributed by atoms with van der Waals surface area (Å²) in [5, 5.41) is 5.23. The SMILES string of the molecule is CNC(c1ccc(C)cc1F)c1ccsc1C. The highest BCUT2D eigenvalue weighted by Crippen LogP contribution is 2.29. The maximum atomic E-state index is 14.0. The van der Waals surface area contributed by atoms with Crippen LogP contribution >= 0.6 is 11.3 Å². The molecule has 0 radical (unpaired) electrons. The molecule has 0 amide bonds. The standard InChI is InChI=1S/C14H16FNS/c1-9-4-5-12(13(15)8-9)14(16-3)11-6-7-17-10(11)2/h4-8,14,16H,1-3H3. The molecule has 0 bridgehead atoms. The van der Waals surface area contributed by atoms with Gasteiger partial charge in [-0.3, -0.25) is 0 Å². The zero-order valence-electron chi connectivity index (χ0n) is 10.3. The monoisotopic (exact) mass is 249 g/mol. The number of halogens is 1. The molecule has 1 heterocycles. The highest BCUT2D eigenvalue weighted by Gasteiger charge is 2.18. The van der Waals surface area contributed by atoms with E-state index in [2.05, 4.69) is 18.3 Å². The van der Waals surface area contributed by atoms with E-state index < -0.39 is 0 Å². The lowest BCUT2D eigenvalue weighted by molar-refractivity contribution is 0.575. The van der Waals surface area contributed by atoms with Gasteiger partial charge in [-0.25, -0.2) is 4.39 Å². The second-order valence-electron chi connectivity index (χ2n) is 4.18. The van der Waals surface area contributed by atoms with Gasteiger partial charge in [0.25, 0.3) is 0 Å². The normalized spacial score (nSPS) is 12.7. The van der Waals surface area contributed by atoms with E-state index in [-0.39, 0.29) is 11.9 Å². The van der Waals surface area contributed by atoms with Crippen LogP contribution in [0.5, 0.6) is 0 Å². The van der Waals surface area contributed by atoms with Crippen molar-refractivity contribution in [2.75, 3.05) is 7.05 Å². The smallest absolute Gasteiger partial charge is 0.128 e. The van der Waals surface area contributed by atoms with E-state index in [1.54, 1.807) is 17.4 Å². The van der Waals surface area contributed by atoms with E-state index in [0.29, 0.717) is 5.56 Å². The molecular formula is C14H16FNS. The molecule has 17 heavy (non-hydrogen) atoms. The molecule has 90 valence electrons. The summed E-state index contributed by atoms with van der Waals surface area (Å²) in [6, 6.07) is 7.39. The number of hydrogen-bond acceptors (Lipinski definition) is 2. The van der Waals surface area contributed by atoms with Gasteiger partial charge in [0, 0.05) is 10.4 Å². The summed E-state index contributed by atoms with van der Waals surface area (Å²) < 4.78 is 14.0. The van der Waals surface area contributed by atoms with Crippen molar-refractivity contribution in [2.24, 2.45) is 0 Å². The number of nitrogens with one attached hydrogen (secondary N) is 1. The fourth-order valence-electron chi connectivity index (χ4n) is 2.04. The number of rotatable bonds is 3. The predicted octanol–water partition coefficient (Wildman–Crippen LogP) is 3.81. The molecule has 1 aromatic heterocycles. The largest absolute Gasteiger partial charge is 0.309 e. The van der Waals surface area contributed by atoms with Crippen molar-refractivity contribution in [3.63, 3.8) is 0 Å². The summed E-state index contributed by atoms with van der Waals surface area (Å²) in [7, 11) is 1.86. The quantitative estimate of drug-likeness (QED) is 0.872. The van der Waals surface area contributed by atoms with Crippen molar-refractivity contribution >= 4 is 11.3 Å². The second-order valence-corrected chi connectivity index (χ2v) is 5.30. The summed E-state index contributed by atoms with van der Waals surface area (Å²) in [5.41, 5.74) is 2.81. The Morgan fingerprint density at radius 1 is 1.18 bits per heavy atom. The zero-order valence-corrected chi connectivity index (χ0v) is 11.1. The van der Waals surface area contributed by atoms with E-state index in [1.165, 1.54) is 4.88 Å². The Bertz CT molecular complexity index is 519. The van der Waals surface area contributed by atoms with Gasteiger partial charge in [0.2, 0.25) is 0 Å². The Kier molecular flexibility index (Phi) is 3.60. The molecule has 1 nitrogen and oxygen atoms in total. The van der Waals surface area contributed by atoms with Crippen LogP contribution in [0, 0.1) is 19.7 Å². The van der Waals surface area contributed by atoms with E-state index in [0.717, 1.165) is 11.1 Å². The number of hydrogen-bond donors (Lipinski definition) is 1. The summed E-state index contributed by atoms with van der Waals surface area (Å²) in [5.74, 6) is -0.144. The van der Waals surface area contributed by atoms with Crippen molar-refractivity contribution in [3.8, 4) is 0 Å². The minimum atomic E-state index is -0.144. The van der Waals surface area contributed by atoms with Gasteiger partial charge < -0.3 is 5.32 Å². The van der Waals surface area contributed by atoms with Crippen molar-refractivity contribution in [1.29, 1.82) is 0 Å². The summed E-state index contributed by atoms with van der Waals surface area (Å²) in [6.45, 7) is 3.97. The van der Waals surface area contributed by atoms with Gasteiger partial charge in [0.15, 0.2) is 0 Å². The van der Waals surface area contributed by atoms with Crippen molar-refractivity contribution in [3.05, 3.63) is 57.0 Å². The van der Waals surface area contributed by atoms with E-state index in [9.17, 15) is 4.39 Å². The molecule has 0 fully saturated rings. The van der Waals surface area contributed by atoms with Crippen molar-refractivity contribution < 1.29 is 4.39 Å². The van der Waals surface area contributed by atoms with Gasteiger partial charge >= 0.3 is 0 Å². The first-order valence-electron chi connectivity index (χ1n) is 5.60. The van der Waals surface area contributed by atoms with Gasteiger partial charge in [-0.15, -0.1) is 11.3 Å². The lowest BCUT2D eigenvalue weighted by Gasteiger charge is -2.18. The molecule has 3 heteroatoms. The highest BCUT2D eigenvalue weighted by atomic mass is 32.1. The first-order chi connectivity index (χ1) is 8.13. The zero-order chi connectivity index (χ0) is 12.4. The molecule has 1 aromatic carbocycles. The average Bonchev–Trinajstić information content (AvgIpc) is 2.69. The van der Waals surface area contributed by atoms with Gasteiger partial charge in [-0.1, -0.05) is 12.1 Å². The molecule has 2 aromatic rings. The molecule has 2 rings (SSSR count). The molecule has 0 aliphatic carbocycles. The number of thiophene rings is 1. The Balaban J connectivity index is 2.46. The van der Waals surface area contributed by atoms with Crippen molar-refractivity contribution in [1.82, 2.24) is 5.32 Å². The topological polar surface area (TPSA) is 12.0 Å². The van der Waals surface area contributed by atoms with Crippen LogP contribution < -0.4 is 5.32 Å². The molecule has 1 atom stereocenters. The van der Waals surface area contributed by atoms with Crippen LogP contribution in [0.15, 0.2) is 29.6 Å². The molecule has 0 spiro atoms. The minimum absolute atomic E-state index is 0.0677. The van der Waals surface area contributed by atoms with E-state index >= 15 is 0 Å². The maximum Gasteiger partial charge on any atom is 0.128 e. The third-order valence-electron chi connectivity index (χ3n) is 2.97. The van der Waals surface area contributed by atoms with E-state index in [4.69, 9.17) is 0 Å². The minimum Gasteiger partial charge on any atom is -0.309 e. The van der Waals surface area contributed by atoms with Crippen molar-refractivity contribution in [2.45, 2.75) is 19.9 Å². The molecule has 1 unspecified atom stereocenters. The third-order valence-corrected chi connectivity index (χ3v) is 3.83. The highest BCUT2D eigenvalue weighted by molar-refractivity contribution is 7.10. The van der Waals surface area contributed by atoms with Crippen LogP contribution in [-0.4, -0.2) is 7.05 Å². The second kappa shape index (κ2) is 4.98. The molecule has 1 N–H and O–H groups in total. The van der Waals surface area contributed by atoms with Crippen LogP contribution in [0.25, 0.3) is 0 Å². The average molecular weight is 249 g/mol. The third kappa shape index (κ3) is 2.40. The maximum absolute atomic E-state index is 14.0. The van der Waals surface area contributed by atoms with E-state index in [1.807, 2.05) is 31.5 Å².